The minimum atomic E-state index is -0.836. The molecule has 0 aliphatic carbocycles. The maximum absolute atomic E-state index is 13.2. The normalized spacial score (nSPS) is 17.3. The van der Waals surface area contributed by atoms with E-state index in [1.54, 1.807) is 31.2 Å². The van der Waals surface area contributed by atoms with Crippen LogP contribution in [0.5, 0.6) is 0 Å². The van der Waals surface area contributed by atoms with Crippen LogP contribution in [0, 0.1) is 29.1 Å². The average molecular weight is 541 g/mol. The van der Waals surface area contributed by atoms with E-state index >= 15 is 0 Å². The van der Waals surface area contributed by atoms with Gasteiger partial charge < -0.3 is 10.2 Å². The van der Waals surface area contributed by atoms with Crippen LogP contribution in [0.15, 0.2) is 30.3 Å². The number of amides is 1. The number of piperidine rings is 1. The predicted octanol–water partition coefficient (Wildman–Crippen LogP) is 4.92. The molecule has 1 aliphatic heterocycles. The van der Waals surface area contributed by atoms with Crippen LogP contribution in [0.2, 0.25) is 0 Å². The highest BCUT2D eigenvalue weighted by atomic mass is 16.2. The molecule has 0 unspecified atom stereocenters. The van der Waals surface area contributed by atoms with Gasteiger partial charge in [-0.2, -0.15) is 0 Å². The molecule has 1 saturated heterocycles. The van der Waals surface area contributed by atoms with Gasteiger partial charge in [0.1, 0.15) is 0 Å². The standard InChI is InChI=1S/C32H48N2O5/c1-21(2)25(30(38)27(35)14-13-23-15-17-34(7)18-16-23)19-28(36)22(3)33-31(39)26(32(4,5)6)20-29(37)24-11-9-8-10-12-24/h8-12,21-23,25-26H,13-20H2,1-7H3,(H,33,39)/t22-,25-,26+/m0/s1. The zero-order valence-electron chi connectivity index (χ0n) is 24.9. The molecule has 7 nitrogen and oxygen atoms in total. The molecule has 3 atom stereocenters. The van der Waals surface area contributed by atoms with E-state index in [-0.39, 0.29) is 42.7 Å². The Morgan fingerprint density at radius 3 is 2.08 bits per heavy atom. The van der Waals surface area contributed by atoms with Crippen LogP contribution < -0.4 is 5.32 Å². The maximum Gasteiger partial charge on any atom is 0.224 e. The van der Waals surface area contributed by atoms with Crippen molar-refractivity contribution in [3.05, 3.63) is 35.9 Å². The first kappa shape index (κ1) is 32.5. The summed E-state index contributed by atoms with van der Waals surface area (Å²) < 4.78 is 0. The smallest absolute Gasteiger partial charge is 0.224 e. The topological polar surface area (TPSA) is 101 Å². The summed E-state index contributed by atoms with van der Waals surface area (Å²) in [6.45, 7) is 13.0. The highest BCUT2D eigenvalue weighted by Crippen LogP contribution is 2.31. The van der Waals surface area contributed by atoms with Crippen molar-refractivity contribution >= 4 is 29.0 Å². The second-order valence-electron chi connectivity index (χ2n) is 12.7. The third-order valence-corrected chi connectivity index (χ3v) is 8.14. The van der Waals surface area contributed by atoms with Gasteiger partial charge in [-0.1, -0.05) is 65.0 Å². The largest absolute Gasteiger partial charge is 0.346 e. The molecule has 216 valence electrons. The fourth-order valence-electron chi connectivity index (χ4n) is 5.15. The zero-order chi connectivity index (χ0) is 29.3. The molecule has 0 aromatic heterocycles. The summed E-state index contributed by atoms with van der Waals surface area (Å²) >= 11 is 0. The molecule has 2 rings (SSSR count). The first-order valence-electron chi connectivity index (χ1n) is 14.4. The van der Waals surface area contributed by atoms with Crippen molar-refractivity contribution < 1.29 is 24.0 Å². The van der Waals surface area contributed by atoms with Crippen LogP contribution in [0.25, 0.3) is 0 Å². The lowest BCUT2D eigenvalue weighted by atomic mass is 9.76. The number of ketones is 4. The molecular formula is C32H48N2O5. The Kier molecular flexibility index (Phi) is 12.2. The van der Waals surface area contributed by atoms with Crippen LogP contribution in [-0.4, -0.2) is 60.1 Å². The third-order valence-electron chi connectivity index (χ3n) is 8.14. The zero-order valence-corrected chi connectivity index (χ0v) is 24.9. The molecule has 1 aliphatic rings. The monoisotopic (exact) mass is 540 g/mol. The molecule has 1 N–H and O–H groups in total. The van der Waals surface area contributed by atoms with Crippen LogP contribution in [0.1, 0.15) is 90.4 Å². The van der Waals surface area contributed by atoms with Gasteiger partial charge in [0.2, 0.25) is 11.7 Å². The van der Waals surface area contributed by atoms with E-state index in [4.69, 9.17) is 0 Å². The molecule has 0 radical (unpaired) electrons. The van der Waals surface area contributed by atoms with E-state index in [1.165, 1.54) is 0 Å². The Balaban J connectivity index is 1.98. The van der Waals surface area contributed by atoms with Crippen molar-refractivity contribution in [3.8, 4) is 0 Å². The van der Waals surface area contributed by atoms with Crippen molar-refractivity contribution in [2.75, 3.05) is 20.1 Å². The summed E-state index contributed by atoms with van der Waals surface area (Å²) in [4.78, 5) is 67.3. The Morgan fingerprint density at radius 2 is 1.54 bits per heavy atom. The predicted molar refractivity (Wildman–Crippen MR) is 153 cm³/mol. The number of nitrogens with one attached hydrogen (secondary N) is 1. The molecule has 1 aromatic carbocycles. The lowest BCUT2D eigenvalue weighted by Crippen LogP contribution is -2.46. The molecule has 0 spiro atoms. The van der Waals surface area contributed by atoms with Gasteiger partial charge in [0.05, 0.1) is 12.0 Å². The molecule has 1 aromatic rings. The van der Waals surface area contributed by atoms with Gasteiger partial charge in [-0.25, -0.2) is 0 Å². The number of benzene rings is 1. The molecule has 39 heavy (non-hydrogen) atoms. The summed E-state index contributed by atoms with van der Waals surface area (Å²) in [5.74, 6) is -2.73. The highest BCUT2D eigenvalue weighted by Gasteiger charge is 2.36. The number of nitrogens with zero attached hydrogens (tertiary/aromatic N) is 1. The Hall–Kier alpha value is -2.67. The van der Waals surface area contributed by atoms with E-state index in [2.05, 4.69) is 17.3 Å². The van der Waals surface area contributed by atoms with Crippen LogP contribution in [-0.2, 0) is 19.2 Å². The SMILES string of the molecule is CC(C)[C@H](CC(=O)[C@H](C)NC(=O)[C@@H](CC(=O)c1ccccc1)C(C)(C)C)C(=O)C(=O)CCC1CCN(C)CC1. The van der Waals surface area contributed by atoms with Gasteiger partial charge >= 0.3 is 0 Å². The summed E-state index contributed by atoms with van der Waals surface area (Å²) in [5.41, 5.74) is 0.0379. The molecule has 7 heteroatoms. The molecule has 1 amide bonds. The fourth-order valence-corrected chi connectivity index (χ4v) is 5.15. The van der Waals surface area contributed by atoms with Crippen LogP contribution >= 0.6 is 0 Å². The molecule has 0 bridgehead atoms. The second-order valence-corrected chi connectivity index (χ2v) is 12.7. The number of rotatable bonds is 14. The van der Waals surface area contributed by atoms with Gasteiger partial charge in [-0.15, -0.1) is 0 Å². The van der Waals surface area contributed by atoms with Crippen molar-refractivity contribution in [1.82, 2.24) is 10.2 Å². The second kappa shape index (κ2) is 14.6. The first-order chi connectivity index (χ1) is 18.2. The van der Waals surface area contributed by atoms with Crippen molar-refractivity contribution in [1.29, 1.82) is 0 Å². The molecule has 1 fully saturated rings. The summed E-state index contributed by atoms with van der Waals surface area (Å²) in [7, 11) is 2.09. The first-order valence-corrected chi connectivity index (χ1v) is 14.4. The van der Waals surface area contributed by atoms with Crippen LogP contribution in [0.4, 0.5) is 0 Å². The summed E-state index contributed by atoms with van der Waals surface area (Å²) in [5, 5.41) is 2.79. The van der Waals surface area contributed by atoms with Gasteiger partial charge in [-0.3, -0.25) is 24.0 Å². The number of hydrogen-bond donors (Lipinski definition) is 1. The van der Waals surface area contributed by atoms with Gasteiger partial charge in [0.25, 0.3) is 0 Å². The van der Waals surface area contributed by atoms with Gasteiger partial charge in [0, 0.05) is 30.7 Å². The average Bonchev–Trinajstić information content (AvgIpc) is 2.88. The maximum atomic E-state index is 13.2. The Labute approximate surface area is 234 Å². The minimum absolute atomic E-state index is 0.0269. The number of Topliss-reactive ketones (excluding diaryl/α,β-unsaturated/α-hetero) is 4. The van der Waals surface area contributed by atoms with Gasteiger partial charge in [-0.05, 0) is 63.6 Å². The van der Waals surface area contributed by atoms with Gasteiger partial charge in [0.15, 0.2) is 17.3 Å². The summed E-state index contributed by atoms with van der Waals surface area (Å²) in [6.07, 6.45) is 2.93. The van der Waals surface area contributed by atoms with Crippen molar-refractivity contribution in [2.45, 2.75) is 86.1 Å². The Morgan fingerprint density at radius 1 is 0.949 bits per heavy atom. The number of carbonyl (C=O) groups excluding carboxylic acids is 5. The summed E-state index contributed by atoms with van der Waals surface area (Å²) in [6, 6.07) is 8.01. The van der Waals surface area contributed by atoms with E-state index in [9.17, 15) is 24.0 Å². The molecule has 0 saturated carbocycles. The number of hydrogen-bond acceptors (Lipinski definition) is 6. The molecular weight excluding hydrogens is 492 g/mol. The highest BCUT2D eigenvalue weighted by molar-refractivity contribution is 6.38. The Bertz CT molecular complexity index is 1000. The van der Waals surface area contributed by atoms with Crippen molar-refractivity contribution in [2.24, 2.45) is 29.1 Å². The fraction of sp³-hybridized carbons (Fsp3) is 0.656. The van der Waals surface area contributed by atoms with E-state index in [0.29, 0.717) is 17.9 Å². The quantitative estimate of drug-likeness (QED) is 0.266. The van der Waals surface area contributed by atoms with Crippen molar-refractivity contribution in [3.63, 3.8) is 0 Å². The van der Waals surface area contributed by atoms with E-state index in [0.717, 1.165) is 25.9 Å². The number of carbonyl (C=O) groups is 5. The lowest BCUT2D eigenvalue weighted by molar-refractivity contribution is -0.141. The minimum Gasteiger partial charge on any atom is -0.346 e. The van der Waals surface area contributed by atoms with E-state index in [1.807, 2.05) is 40.7 Å². The molecule has 1 heterocycles. The van der Waals surface area contributed by atoms with Crippen LogP contribution in [0.3, 0.4) is 0 Å². The van der Waals surface area contributed by atoms with E-state index < -0.39 is 34.9 Å². The number of likely N-dealkylation sites (tertiary alicyclic amines) is 1. The third kappa shape index (κ3) is 10.1. The lowest BCUT2D eigenvalue weighted by Gasteiger charge is -2.30.